The lowest BCUT2D eigenvalue weighted by atomic mass is 10.1. The van der Waals surface area contributed by atoms with E-state index in [0.717, 1.165) is 37.8 Å². The van der Waals surface area contributed by atoms with Crippen LogP contribution in [0.1, 0.15) is 62.7 Å². The van der Waals surface area contributed by atoms with Crippen molar-refractivity contribution < 1.29 is 19.1 Å². The Labute approximate surface area is 154 Å². The van der Waals surface area contributed by atoms with Gasteiger partial charge in [0.15, 0.2) is 6.61 Å². The molecule has 1 heterocycles. The number of carbonyl (C=O) groups is 3. The van der Waals surface area contributed by atoms with Crippen molar-refractivity contribution in [1.29, 1.82) is 0 Å². The highest BCUT2D eigenvalue weighted by Gasteiger charge is 2.22. The minimum atomic E-state index is -0.543. The van der Waals surface area contributed by atoms with Crippen LogP contribution in [0.15, 0.2) is 24.3 Å². The number of amides is 2. The van der Waals surface area contributed by atoms with Crippen molar-refractivity contribution in [3.63, 3.8) is 0 Å². The third-order valence-corrected chi connectivity index (χ3v) is 4.47. The molecular formula is C20H28N2O4. The number of nitrogens with one attached hydrogen (secondary N) is 1. The minimum absolute atomic E-state index is 0.0741. The number of hydrogen-bond acceptors (Lipinski definition) is 4. The van der Waals surface area contributed by atoms with Crippen LogP contribution < -0.4 is 10.2 Å². The van der Waals surface area contributed by atoms with Crippen LogP contribution in [0.4, 0.5) is 5.69 Å². The zero-order valence-corrected chi connectivity index (χ0v) is 15.6. The van der Waals surface area contributed by atoms with Gasteiger partial charge in [-0.15, -0.1) is 0 Å². The van der Waals surface area contributed by atoms with E-state index in [1.165, 1.54) is 0 Å². The molecule has 1 aliphatic heterocycles. The highest BCUT2D eigenvalue weighted by Crippen LogP contribution is 2.21. The van der Waals surface area contributed by atoms with Gasteiger partial charge in [-0.05, 0) is 44.0 Å². The summed E-state index contributed by atoms with van der Waals surface area (Å²) in [5.74, 6) is -0.732. The van der Waals surface area contributed by atoms with E-state index in [1.807, 2.05) is 6.92 Å². The lowest BCUT2D eigenvalue weighted by Crippen LogP contribution is -2.35. The predicted octanol–water partition coefficient (Wildman–Crippen LogP) is 3.06. The Morgan fingerprint density at radius 1 is 1.23 bits per heavy atom. The van der Waals surface area contributed by atoms with Crippen molar-refractivity contribution in [1.82, 2.24) is 5.32 Å². The van der Waals surface area contributed by atoms with E-state index in [1.54, 1.807) is 29.2 Å². The molecule has 2 rings (SSSR count). The molecule has 0 unspecified atom stereocenters. The number of hydrogen-bond donors (Lipinski definition) is 1. The number of anilines is 1. The molecule has 6 nitrogen and oxygen atoms in total. The number of unbranched alkanes of at least 4 members (excludes halogenated alkanes) is 2. The minimum Gasteiger partial charge on any atom is -0.452 e. The Balaban J connectivity index is 1.77. The van der Waals surface area contributed by atoms with Crippen molar-refractivity contribution >= 4 is 23.5 Å². The summed E-state index contributed by atoms with van der Waals surface area (Å²) in [6.07, 6.45) is 5.70. The van der Waals surface area contributed by atoms with Crippen LogP contribution in [0.2, 0.25) is 0 Å². The highest BCUT2D eigenvalue weighted by atomic mass is 16.5. The first-order valence-electron chi connectivity index (χ1n) is 9.38. The summed E-state index contributed by atoms with van der Waals surface area (Å²) < 4.78 is 5.07. The number of esters is 1. The number of benzene rings is 1. The maximum Gasteiger partial charge on any atom is 0.338 e. The molecule has 0 bridgehead atoms. The maximum absolute atomic E-state index is 12.1. The van der Waals surface area contributed by atoms with E-state index in [4.69, 9.17) is 4.74 Å². The van der Waals surface area contributed by atoms with Crippen molar-refractivity contribution in [3.05, 3.63) is 29.8 Å². The van der Waals surface area contributed by atoms with Gasteiger partial charge >= 0.3 is 5.97 Å². The molecule has 142 valence electrons. The molecule has 26 heavy (non-hydrogen) atoms. The van der Waals surface area contributed by atoms with Crippen LogP contribution in [-0.4, -0.2) is 37.0 Å². The summed E-state index contributed by atoms with van der Waals surface area (Å²) in [6, 6.07) is 6.78. The van der Waals surface area contributed by atoms with E-state index >= 15 is 0 Å². The van der Waals surface area contributed by atoms with Gasteiger partial charge in [0.25, 0.3) is 5.91 Å². The van der Waals surface area contributed by atoms with E-state index in [2.05, 4.69) is 12.2 Å². The average Bonchev–Trinajstić information content (AvgIpc) is 3.06. The van der Waals surface area contributed by atoms with Crippen LogP contribution in [0.25, 0.3) is 0 Å². The second-order valence-electron chi connectivity index (χ2n) is 6.74. The molecule has 1 aliphatic rings. The zero-order chi connectivity index (χ0) is 18.9. The molecule has 0 saturated carbocycles. The van der Waals surface area contributed by atoms with Crippen molar-refractivity contribution in [2.45, 2.75) is 58.4 Å². The third kappa shape index (κ3) is 5.86. The topological polar surface area (TPSA) is 75.7 Å². The Morgan fingerprint density at radius 2 is 1.96 bits per heavy atom. The second-order valence-corrected chi connectivity index (χ2v) is 6.74. The lowest BCUT2D eigenvalue weighted by molar-refractivity contribution is -0.124. The molecule has 1 fully saturated rings. The molecule has 0 aromatic heterocycles. The molecule has 6 heteroatoms. The summed E-state index contributed by atoms with van der Waals surface area (Å²) >= 11 is 0. The van der Waals surface area contributed by atoms with Gasteiger partial charge in [-0.1, -0.05) is 26.2 Å². The Kier molecular flexibility index (Phi) is 7.63. The molecule has 1 aromatic carbocycles. The number of rotatable bonds is 9. The van der Waals surface area contributed by atoms with Gasteiger partial charge in [0.05, 0.1) is 5.56 Å². The fraction of sp³-hybridized carbons (Fsp3) is 0.550. The van der Waals surface area contributed by atoms with Gasteiger partial charge in [0.1, 0.15) is 0 Å². The van der Waals surface area contributed by atoms with Crippen LogP contribution in [0, 0.1) is 0 Å². The average molecular weight is 360 g/mol. The fourth-order valence-electron chi connectivity index (χ4n) is 3.00. The molecule has 1 N–H and O–H groups in total. The SMILES string of the molecule is CCCCC[C@@H](C)NC(=O)COC(=O)c1ccc(N2CCCC2=O)cc1. The van der Waals surface area contributed by atoms with Crippen LogP contribution >= 0.6 is 0 Å². The molecule has 0 radical (unpaired) electrons. The van der Waals surface area contributed by atoms with Gasteiger partial charge < -0.3 is 15.0 Å². The van der Waals surface area contributed by atoms with Crippen molar-refractivity contribution in [3.8, 4) is 0 Å². The van der Waals surface area contributed by atoms with E-state index in [-0.39, 0.29) is 24.5 Å². The molecule has 1 aromatic rings. The van der Waals surface area contributed by atoms with Crippen LogP contribution in [-0.2, 0) is 14.3 Å². The van der Waals surface area contributed by atoms with E-state index in [0.29, 0.717) is 18.5 Å². The number of ether oxygens (including phenoxy) is 1. The van der Waals surface area contributed by atoms with Gasteiger partial charge in [-0.25, -0.2) is 4.79 Å². The molecule has 0 spiro atoms. The predicted molar refractivity (Wildman–Crippen MR) is 100 cm³/mol. The van der Waals surface area contributed by atoms with Crippen LogP contribution in [0.5, 0.6) is 0 Å². The first kappa shape index (κ1) is 19.9. The summed E-state index contributed by atoms with van der Waals surface area (Å²) in [6.45, 7) is 4.51. The summed E-state index contributed by atoms with van der Waals surface area (Å²) in [4.78, 5) is 37.4. The van der Waals surface area contributed by atoms with Gasteiger partial charge in [0, 0.05) is 24.7 Å². The smallest absolute Gasteiger partial charge is 0.338 e. The Morgan fingerprint density at radius 3 is 2.58 bits per heavy atom. The molecule has 1 atom stereocenters. The summed E-state index contributed by atoms with van der Waals surface area (Å²) in [5.41, 5.74) is 1.15. The number of carbonyl (C=O) groups excluding carboxylic acids is 3. The van der Waals surface area contributed by atoms with Gasteiger partial charge in [-0.3, -0.25) is 9.59 Å². The highest BCUT2D eigenvalue weighted by molar-refractivity contribution is 5.96. The lowest BCUT2D eigenvalue weighted by Gasteiger charge is -2.16. The first-order valence-corrected chi connectivity index (χ1v) is 9.38. The van der Waals surface area contributed by atoms with Crippen LogP contribution in [0.3, 0.4) is 0 Å². The quantitative estimate of drug-likeness (QED) is 0.542. The Hall–Kier alpha value is -2.37. The van der Waals surface area contributed by atoms with E-state index < -0.39 is 5.97 Å². The maximum atomic E-state index is 12.1. The van der Waals surface area contributed by atoms with E-state index in [9.17, 15) is 14.4 Å². The zero-order valence-electron chi connectivity index (χ0n) is 15.6. The largest absolute Gasteiger partial charge is 0.452 e. The first-order chi connectivity index (χ1) is 12.5. The van der Waals surface area contributed by atoms with Crippen molar-refractivity contribution in [2.75, 3.05) is 18.1 Å². The number of nitrogens with zero attached hydrogens (tertiary/aromatic N) is 1. The van der Waals surface area contributed by atoms with Gasteiger partial charge in [-0.2, -0.15) is 0 Å². The molecule has 0 aliphatic carbocycles. The summed E-state index contributed by atoms with van der Waals surface area (Å²) in [5, 5.41) is 2.84. The normalized spacial score (nSPS) is 15.0. The fourth-order valence-corrected chi connectivity index (χ4v) is 3.00. The molecule has 2 amide bonds. The van der Waals surface area contributed by atoms with Crippen molar-refractivity contribution in [2.24, 2.45) is 0 Å². The summed E-state index contributed by atoms with van der Waals surface area (Å²) in [7, 11) is 0. The standard InChI is InChI=1S/C20H28N2O4/c1-3-4-5-7-15(2)21-18(23)14-26-20(25)16-9-11-17(12-10-16)22-13-6-8-19(22)24/h9-12,15H,3-8,13-14H2,1-2H3,(H,21,23)/t15-/m1/s1. The third-order valence-electron chi connectivity index (χ3n) is 4.47. The monoisotopic (exact) mass is 360 g/mol. The van der Waals surface area contributed by atoms with Gasteiger partial charge in [0.2, 0.25) is 5.91 Å². The molecule has 1 saturated heterocycles. The Bertz CT molecular complexity index is 627. The molecular weight excluding hydrogens is 332 g/mol. The second kappa shape index (κ2) is 9.94.